The molecule has 1 unspecified atom stereocenters. The highest BCUT2D eigenvalue weighted by Gasteiger charge is 1.96. The Hall–Kier alpha value is -0.700. The maximum Gasteiger partial charge on any atom is 0.127 e. The van der Waals surface area contributed by atoms with Crippen molar-refractivity contribution in [2.24, 2.45) is 0 Å². The maximum atomic E-state index is 10.8. The Morgan fingerprint density at radius 1 is 1.60 bits per heavy atom. The minimum atomic E-state index is -0.950. The van der Waals surface area contributed by atoms with E-state index < -0.39 is 10.8 Å². The van der Waals surface area contributed by atoms with Gasteiger partial charge in [0.2, 0.25) is 0 Å². The molecule has 10 heavy (non-hydrogen) atoms. The molecule has 0 fully saturated rings. The van der Waals surface area contributed by atoms with Crippen LogP contribution in [-0.4, -0.2) is 15.4 Å². The summed E-state index contributed by atoms with van der Waals surface area (Å²) in [6.07, 6.45) is 3.30. The topological polar surface area (TPSA) is 30.0 Å². The molecule has 54 valence electrons. The number of pyridine rings is 1. The van der Waals surface area contributed by atoms with E-state index in [1.54, 1.807) is 12.5 Å². The summed E-state index contributed by atoms with van der Waals surface area (Å²) < 4.78 is 10.8. The molecule has 0 bridgehead atoms. The smallest absolute Gasteiger partial charge is 0.127 e. The zero-order valence-electron chi connectivity index (χ0n) is 6.00. The number of hydrogen-bond acceptors (Lipinski definition) is 2. The maximum absolute atomic E-state index is 10.8. The Bertz CT molecular complexity index is 260. The highest BCUT2D eigenvalue weighted by atomic mass is 32.2. The number of nitrogens with zero attached hydrogens (tertiary/aromatic N) is 1. The van der Waals surface area contributed by atoms with Gasteiger partial charge in [0.15, 0.2) is 0 Å². The predicted molar refractivity (Wildman–Crippen MR) is 41.3 cm³/mol. The van der Waals surface area contributed by atoms with Crippen molar-refractivity contribution in [1.82, 2.24) is 4.98 Å². The van der Waals surface area contributed by atoms with Gasteiger partial charge in [-0.15, -0.1) is 0 Å². The molecule has 0 aliphatic heterocycles. The van der Waals surface area contributed by atoms with Crippen LogP contribution in [0.25, 0.3) is 0 Å². The Labute approximate surface area is 62.8 Å². The molecule has 0 aliphatic carbocycles. The lowest BCUT2D eigenvalue weighted by Gasteiger charge is -1.94. The van der Waals surface area contributed by atoms with Gasteiger partial charge in [-0.25, -0.2) is 4.98 Å². The van der Waals surface area contributed by atoms with Crippen LogP contribution in [0.4, 0.5) is 0 Å². The lowest BCUT2D eigenvalue weighted by atomic mass is 10.3. The SMILES string of the molecule is Cc1ccnc(S(C)=O)c1. The second-order valence-electron chi connectivity index (χ2n) is 2.13. The van der Waals surface area contributed by atoms with Crippen LogP contribution in [0.5, 0.6) is 0 Å². The summed E-state index contributed by atoms with van der Waals surface area (Å²) in [6.45, 7) is 1.96. The van der Waals surface area contributed by atoms with E-state index in [0.29, 0.717) is 5.03 Å². The van der Waals surface area contributed by atoms with E-state index in [9.17, 15) is 4.21 Å². The van der Waals surface area contributed by atoms with Crippen molar-refractivity contribution in [3.63, 3.8) is 0 Å². The van der Waals surface area contributed by atoms with Crippen molar-refractivity contribution in [1.29, 1.82) is 0 Å². The molecular weight excluding hydrogens is 146 g/mol. The van der Waals surface area contributed by atoms with Gasteiger partial charge in [-0.2, -0.15) is 0 Å². The van der Waals surface area contributed by atoms with E-state index in [4.69, 9.17) is 0 Å². The van der Waals surface area contributed by atoms with E-state index in [1.807, 2.05) is 19.1 Å². The minimum absolute atomic E-state index is 0.653. The van der Waals surface area contributed by atoms with Crippen LogP contribution in [0.3, 0.4) is 0 Å². The molecule has 0 spiro atoms. The molecule has 0 radical (unpaired) electrons. The highest BCUT2D eigenvalue weighted by molar-refractivity contribution is 7.84. The average molecular weight is 155 g/mol. The molecule has 0 aliphatic rings. The molecule has 1 rings (SSSR count). The number of aromatic nitrogens is 1. The van der Waals surface area contributed by atoms with Crippen LogP contribution in [0, 0.1) is 6.92 Å². The van der Waals surface area contributed by atoms with Crippen molar-refractivity contribution in [2.45, 2.75) is 11.9 Å². The van der Waals surface area contributed by atoms with Crippen LogP contribution in [0.2, 0.25) is 0 Å². The van der Waals surface area contributed by atoms with Gasteiger partial charge >= 0.3 is 0 Å². The van der Waals surface area contributed by atoms with Crippen LogP contribution < -0.4 is 0 Å². The van der Waals surface area contributed by atoms with Gasteiger partial charge < -0.3 is 0 Å². The summed E-state index contributed by atoms with van der Waals surface area (Å²) in [5, 5.41) is 0.653. The minimum Gasteiger partial charge on any atom is -0.253 e. The Kier molecular flexibility index (Phi) is 2.17. The summed E-state index contributed by atoms with van der Waals surface area (Å²) in [5.41, 5.74) is 1.10. The van der Waals surface area contributed by atoms with Gasteiger partial charge in [0, 0.05) is 12.5 Å². The largest absolute Gasteiger partial charge is 0.253 e. The molecule has 0 amide bonds. The Balaban J connectivity index is 3.07. The first-order valence-corrected chi connectivity index (χ1v) is 4.52. The van der Waals surface area contributed by atoms with Crippen molar-refractivity contribution in [3.05, 3.63) is 23.9 Å². The third-order valence-corrected chi connectivity index (χ3v) is 2.00. The van der Waals surface area contributed by atoms with Gasteiger partial charge in [-0.3, -0.25) is 4.21 Å². The van der Waals surface area contributed by atoms with Crippen LogP contribution in [0.1, 0.15) is 5.56 Å². The molecule has 0 saturated carbocycles. The lowest BCUT2D eigenvalue weighted by Crippen LogP contribution is -1.91. The van der Waals surface area contributed by atoms with Gasteiger partial charge in [0.1, 0.15) is 5.03 Å². The van der Waals surface area contributed by atoms with E-state index in [-0.39, 0.29) is 0 Å². The second-order valence-corrected chi connectivity index (χ2v) is 3.45. The number of hydrogen-bond donors (Lipinski definition) is 0. The first kappa shape index (κ1) is 7.41. The molecule has 0 N–H and O–H groups in total. The predicted octanol–water partition coefficient (Wildman–Crippen LogP) is 1.13. The van der Waals surface area contributed by atoms with Crippen molar-refractivity contribution >= 4 is 10.8 Å². The van der Waals surface area contributed by atoms with Crippen molar-refractivity contribution in [2.75, 3.05) is 6.26 Å². The zero-order chi connectivity index (χ0) is 7.56. The van der Waals surface area contributed by atoms with Gasteiger partial charge in [0.25, 0.3) is 0 Å². The molecule has 0 saturated heterocycles. The number of aryl methyl sites for hydroxylation is 1. The first-order valence-electron chi connectivity index (χ1n) is 2.96. The van der Waals surface area contributed by atoms with Crippen LogP contribution in [0.15, 0.2) is 23.4 Å². The molecule has 0 aromatic carbocycles. The second kappa shape index (κ2) is 2.92. The summed E-state index contributed by atoms with van der Waals surface area (Å²) in [7, 11) is -0.950. The lowest BCUT2D eigenvalue weighted by molar-refractivity contribution is 0.684. The highest BCUT2D eigenvalue weighted by Crippen LogP contribution is 2.02. The Morgan fingerprint density at radius 2 is 2.30 bits per heavy atom. The summed E-state index contributed by atoms with van der Waals surface area (Å²) in [4.78, 5) is 3.94. The summed E-state index contributed by atoms with van der Waals surface area (Å²) in [5.74, 6) is 0. The van der Waals surface area contributed by atoms with Crippen LogP contribution >= 0.6 is 0 Å². The van der Waals surface area contributed by atoms with E-state index in [2.05, 4.69) is 4.98 Å². The zero-order valence-corrected chi connectivity index (χ0v) is 6.81. The van der Waals surface area contributed by atoms with E-state index in [1.165, 1.54) is 0 Å². The molecular formula is C7H9NOS. The summed E-state index contributed by atoms with van der Waals surface area (Å²) >= 11 is 0. The standard InChI is InChI=1S/C7H9NOS/c1-6-3-4-8-7(5-6)10(2)9/h3-5H,1-2H3. The first-order chi connectivity index (χ1) is 4.70. The monoisotopic (exact) mass is 155 g/mol. The fourth-order valence-corrected chi connectivity index (χ4v) is 1.23. The normalized spacial score (nSPS) is 13.0. The Morgan fingerprint density at radius 3 is 2.70 bits per heavy atom. The molecule has 1 atom stereocenters. The molecule has 3 heteroatoms. The third-order valence-electron chi connectivity index (χ3n) is 1.18. The van der Waals surface area contributed by atoms with Gasteiger partial charge in [0.05, 0.1) is 10.8 Å². The number of rotatable bonds is 1. The average Bonchev–Trinajstić information content (AvgIpc) is 1.88. The van der Waals surface area contributed by atoms with Crippen LogP contribution in [-0.2, 0) is 10.8 Å². The molecule has 1 aromatic heterocycles. The fraction of sp³-hybridized carbons (Fsp3) is 0.286. The fourth-order valence-electron chi connectivity index (χ4n) is 0.666. The summed E-state index contributed by atoms with van der Waals surface area (Å²) in [6, 6.07) is 3.71. The molecule has 1 aromatic rings. The van der Waals surface area contributed by atoms with Crippen molar-refractivity contribution < 1.29 is 4.21 Å². The molecule has 2 nitrogen and oxygen atoms in total. The van der Waals surface area contributed by atoms with E-state index >= 15 is 0 Å². The van der Waals surface area contributed by atoms with E-state index in [0.717, 1.165) is 5.56 Å². The van der Waals surface area contributed by atoms with Gasteiger partial charge in [-0.05, 0) is 24.6 Å². The molecule has 1 heterocycles. The van der Waals surface area contributed by atoms with Crippen molar-refractivity contribution in [3.8, 4) is 0 Å². The quantitative estimate of drug-likeness (QED) is 0.608. The van der Waals surface area contributed by atoms with Gasteiger partial charge in [-0.1, -0.05) is 0 Å². The third kappa shape index (κ3) is 1.64.